The van der Waals surface area contributed by atoms with Crippen molar-refractivity contribution in [3.05, 3.63) is 238 Å². The molecule has 4 heterocycles. The number of carbonyl (C=O) groups is 16. The van der Waals surface area contributed by atoms with Gasteiger partial charge in [0.2, 0.25) is 24.0 Å². The number of ketones is 2. The monoisotopic (exact) mass is 2040 g/mol. The molecule has 38 heteroatoms. The van der Waals surface area contributed by atoms with Crippen LogP contribution in [0, 0.1) is 33.5 Å². The number of hydrogen-bond acceptors (Lipinski definition) is 34. The molecule has 148 heavy (non-hydrogen) atoms. The average Bonchev–Trinajstić information content (AvgIpc) is 0.724. The summed E-state index contributed by atoms with van der Waals surface area (Å²) in [5.41, 5.74) is -17.2. The Balaban J connectivity index is 0.641. The van der Waals surface area contributed by atoms with E-state index >= 15 is 28.8 Å². The van der Waals surface area contributed by atoms with Crippen LogP contribution in [0.15, 0.2) is 204 Å². The average molecular weight is 2040 g/mol. The third-order valence-electron chi connectivity index (χ3n) is 31.9. The molecule has 4 amide bonds. The molecule has 786 valence electrons. The molecule has 10 aliphatic rings. The van der Waals surface area contributed by atoms with Crippen molar-refractivity contribution in [2.24, 2.45) is 33.5 Å². The molecule has 2 unspecified atom stereocenters. The van der Waals surface area contributed by atoms with Crippen LogP contribution in [-0.4, -0.2) is 286 Å². The molecule has 8 fully saturated rings. The number of carbonyl (C=O) groups excluding carboxylic acids is 16. The Morgan fingerprint density at radius 2 is 0.743 bits per heavy atom. The molecule has 24 atom stereocenters. The van der Waals surface area contributed by atoms with Crippen molar-refractivity contribution >= 4 is 94.9 Å². The van der Waals surface area contributed by atoms with Crippen molar-refractivity contribution in [2.75, 3.05) is 52.7 Å². The molecule has 0 aromatic heterocycles. The Morgan fingerprint density at radius 1 is 0.426 bits per heavy atom. The highest BCUT2D eigenvalue weighted by Crippen LogP contribution is 2.68. The number of Topliss-reactive ketones (excluding diaryl/α,β-unsaturated/α-hetero) is 2. The van der Waals surface area contributed by atoms with E-state index in [2.05, 4.69) is 10.6 Å². The zero-order valence-electron chi connectivity index (χ0n) is 84.0. The van der Waals surface area contributed by atoms with Crippen LogP contribution in [0.2, 0.25) is 0 Å². The lowest BCUT2D eigenvalue weighted by Gasteiger charge is -2.67. The number of aliphatic hydroxyl groups is 4. The Kier molecular flexibility index (Phi) is 30.8. The summed E-state index contributed by atoms with van der Waals surface area (Å²) in [6.07, 6.45) is -23.7. The van der Waals surface area contributed by atoms with Gasteiger partial charge < -0.3 is 107 Å². The maximum atomic E-state index is 16.2. The van der Waals surface area contributed by atoms with Crippen molar-refractivity contribution in [2.45, 2.75) is 254 Å². The maximum Gasteiger partial charge on any atom is 0.350 e. The lowest BCUT2D eigenvalue weighted by molar-refractivity contribution is -0.346. The summed E-state index contributed by atoms with van der Waals surface area (Å²) in [5, 5.41) is 59.4. The molecule has 6 N–H and O–H groups in total. The molecule has 6 aromatic carbocycles. The van der Waals surface area contributed by atoms with E-state index in [1.54, 1.807) is 109 Å². The summed E-state index contributed by atoms with van der Waals surface area (Å²) in [6, 6.07) is 40.3. The second-order valence-electron chi connectivity index (χ2n) is 41.1. The number of likely N-dealkylation sites (tertiary alicyclic amines) is 2. The zero-order valence-corrected chi connectivity index (χ0v) is 84.0. The summed E-state index contributed by atoms with van der Waals surface area (Å²) in [6.45, 7) is 12.7. The van der Waals surface area contributed by atoms with Gasteiger partial charge in [-0.2, -0.15) is 0 Å². The summed E-state index contributed by atoms with van der Waals surface area (Å²) in [7, 11) is 0. The highest BCUT2D eigenvalue weighted by atomic mass is 16.7. The Hall–Kier alpha value is -13.6. The van der Waals surface area contributed by atoms with Gasteiger partial charge in [0.05, 0.1) is 72.4 Å². The molecule has 4 bridgehead atoms. The Morgan fingerprint density at radius 3 is 1.05 bits per heavy atom. The molecule has 6 aliphatic carbocycles. The van der Waals surface area contributed by atoms with Crippen LogP contribution in [0.25, 0.3) is 0 Å². The third kappa shape index (κ3) is 19.6. The zero-order chi connectivity index (χ0) is 106. The SMILES string of the molecule is CC(=O)O[C@H]1C(=O)[C@@]2(C)C([C@H](OC(=O)c3ccccc3)[C@]3(O)C[C@H](OC(=O)[C@H](OC(=O)[C@@H]4CCCN4C(=O)COCCOCC(=O)N4CCC[C@H]4C(=O)O[C@@H](C(=O)O[C@H]4C[C@@]5(O)[C@@H](OC(=O)c6ccccc6)C6[C@](C)(C(=O)[C@H](OC(C)=O)C(=C4C)C5(C)C)[C@@H](O)C[C@H]4OC[C@@]64OC(C)=O)[C@@H](NC(=O)c4ccccc4)c4ccccc4)[C@@H](NC(=O)c4ccccc4)c4ccccc4)C(C)=C1C3(C)C)[C@]1(OC(C)=O)CO[C@@H]1C[C@@H]2O. The van der Waals surface area contributed by atoms with Crippen LogP contribution in [0.3, 0.4) is 0 Å². The Bertz CT molecular complexity index is 5830. The molecule has 4 saturated heterocycles. The van der Waals surface area contributed by atoms with Gasteiger partial charge in [0.1, 0.15) is 85.2 Å². The van der Waals surface area contributed by atoms with E-state index < -0.39 is 287 Å². The molecule has 0 spiro atoms. The minimum Gasteiger partial charge on any atom is -0.455 e. The van der Waals surface area contributed by atoms with E-state index in [-0.39, 0.29) is 121 Å². The number of nitrogens with zero attached hydrogens (tertiary/aromatic N) is 2. The number of amides is 4. The fourth-order valence-electron chi connectivity index (χ4n) is 24.2. The number of hydrogen-bond donors (Lipinski definition) is 6. The van der Waals surface area contributed by atoms with Crippen LogP contribution in [0.4, 0.5) is 0 Å². The molecule has 0 radical (unpaired) electrons. The smallest absolute Gasteiger partial charge is 0.350 e. The van der Waals surface area contributed by atoms with Gasteiger partial charge in [-0.25, -0.2) is 28.8 Å². The lowest BCUT2D eigenvalue weighted by Crippen LogP contribution is -2.82. The van der Waals surface area contributed by atoms with Crippen molar-refractivity contribution in [3.63, 3.8) is 0 Å². The van der Waals surface area contributed by atoms with Gasteiger partial charge in [0.25, 0.3) is 11.8 Å². The third-order valence-corrected chi connectivity index (χ3v) is 31.9. The van der Waals surface area contributed by atoms with Crippen LogP contribution in [0.5, 0.6) is 0 Å². The molecular weight excluding hydrogens is 1920 g/mol. The summed E-state index contributed by atoms with van der Waals surface area (Å²) in [4.78, 5) is 240. The van der Waals surface area contributed by atoms with Gasteiger partial charge in [-0.05, 0) is 135 Å². The van der Waals surface area contributed by atoms with E-state index in [0.717, 1.165) is 37.5 Å². The lowest BCUT2D eigenvalue weighted by atomic mass is 9.44. The van der Waals surface area contributed by atoms with Gasteiger partial charge in [-0.1, -0.05) is 161 Å². The van der Waals surface area contributed by atoms with Gasteiger partial charge in [-0.15, -0.1) is 0 Å². The number of benzene rings is 6. The van der Waals surface area contributed by atoms with E-state index in [4.69, 9.17) is 66.3 Å². The number of aliphatic hydroxyl groups excluding tert-OH is 2. The molecule has 4 aliphatic heterocycles. The van der Waals surface area contributed by atoms with Gasteiger partial charge in [0, 0.05) is 88.4 Å². The number of fused-ring (bicyclic) bond motifs is 10. The fraction of sp³-hybridized carbons (Fsp3) is 0.491. The normalized spacial score (nSPS) is 30.7. The van der Waals surface area contributed by atoms with Crippen molar-refractivity contribution in [1.82, 2.24) is 20.4 Å². The summed E-state index contributed by atoms with van der Waals surface area (Å²) < 4.78 is 87.2. The summed E-state index contributed by atoms with van der Waals surface area (Å²) >= 11 is 0. The molecular formula is C110H122N4O34. The van der Waals surface area contributed by atoms with Gasteiger partial charge >= 0.3 is 59.7 Å². The second kappa shape index (κ2) is 42.6. The summed E-state index contributed by atoms with van der Waals surface area (Å²) in [5.74, 6) is -19.5. The quantitative estimate of drug-likeness (QED) is 0.0105. The molecule has 4 saturated carbocycles. The Labute approximate surface area is 852 Å². The van der Waals surface area contributed by atoms with E-state index in [1.807, 2.05) is 0 Å². The topological polar surface area (TPSA) is 514 Å². The minimum atomic E-state index is -2.63. The standard InChI is InChI=1S/C110H122N4O34/c1-59-73(53-109(133)93(145-97(127)69-41-27-17-28-42-69)89-105(11,75(119)51-77-107(89,57-137-77)147-63(5)117)91(123)85(139-61(3)115)81(59)103(109,7)8)141-101(131)87(83(65-33-19-13-20-34-65)111-95(125)67-37-23-15-24-38-67)143-99(129)71-45-31-47-113(71)79(121)55-135-49-50-136-56-80(122)114-48-32-46-72(114)100(130)144-88(84(66-35-21-14-22-36-66)112-96(126)68-39-25-16-26-40-68)102(132)142-74-54-110(134)94(146-98(128)70-43-29-18-30-44-70)90-106(12,76(120)52-78-108(90,58-138-78)148-64(6)118)92(124)86(140-62(4)116)82(60(74)2)104(110,9)10/h13-30,33-44,71-78,83-90,93-94,119-120,133-134H,31-32,45-58H2,1-12H3,(H,111,125)(H,112,126)/t71-,72-,73-,74-,75-,76-,77+,78+,83-,84-,85+,86+,87+,88+,89?,90?,93-,94-,105+,106+,107-,108-,109+,110+/m0/s1. The van der Waals surface area contributed by atoms with Crippen molar-refractivity contribution in [1.29, 1.82) is 0 Å². The van der Waals surface area contributed by atoms with Crippen LogP contribution < -0.4 is 10.6 Å². The highest BCUT2D eigenvalue weighted by Gasteiger charge is 2.81. The fourth-order valence-corrected chi connectivity index (χ4v) is 24.2. The van der Waals surface area contributed by atoms with Crippen LogP contribution in [0.1, 0.15) is 199 Å². The van der Waals surface area contributed by atoms with Gasteiger partial charge in [0.15, 0.2) is 35.0 Å². The first-order chi connectivity index (χ1) is 70.3. The van der Waals surface area contributed by atoms with Crippen molar-refractivity contribution < 1.29 is 163 Å². The highest BCUT2D eigenvalue weighted by molar-refractivity contribution is 6.00. The number of ether oxygens (including phenoxy) is 14. The number of esters is 10. The van der Waals surface area contributed by atoms with Crippen LogP contribution >= 0.6 is 0 Å². The van der Waals surface area contributed by atoms with Crippen LogP contribution in [-0.2, 0) is 124 Å². The van der Waals surface area contributed by atoms with E-state index in [0.29, 0.717) is 0 Å². The van der Waals surface area contributed by atoms with E-state index in [9.17, 15) is 68.4 Å². The second-order valence-corrected chi connectivity index (χ2v) is 41.1. The first-order valence-electron chi connectivity index (χ1n) is 49.5. The predicted octanol–water partition coefficient (Wildman–Crippen LogP) is 7.60. The first kappa shape index (κ1) is 107. The molecule has 6 aromatic rings. The number of nitrogens with one attached hydrogen (secondary N) is 2. The maximum absolute atomic E-state index is 16.2. The van der Waals surface area contributed by atoms with Gasteiger partial charge in [-0.3, -0.25) is 47.9 Å². The molecule has 16 rings (SSSR count). The molecule has 38 nitrogen and oxygen atoms in total. The minimum absolute atomic E-state index is 0.00718. The van der Waals surface area contributed by atoms with Crippen molar-refractivity contribution in [3.8, 4) is 0 Å². The first-order valence-corrected chi connectivity index (χ1v) is 49.5. The number of rotatable bonds is 31. The largest absolute Gasteiger partial charge is 0.455 e. The predicted molar refractivity (Wildman–Crippen MR) is 514 cm³/mol. The van der Waals surface area contributed by atoms with E-state index in [1.165, 1.54) is 128 Å².